The Labute approximate surface area is 210 Å². The number of piperidine rings is 1. The van der Waals surface area contributed by atoms with E-state index in [9.17, 15) is 14.3 Å². The third-order valence-electron chi connectivity index (χ3n) is 6.97. The lowest BCUT2D eigenvalue weighted by Gasteiger charge is -2.38. The van der Waals surface area contributed by atoms with Gasteiger partial charge in [-0.05, 0) is 80.0 Å². The van der Waals surface area contributed by atoms with E-state index < -0.39 is 5.97 Å². The molecule has 1 fully saturated rings. The number of hydrogen-bond donors (Lipinski definition) is 1. The van der Waals surface area contributed by atoms with Crippen molar-refractivity contribution in [1.82, 2.24) is 9.88 Å². The van der Waals surface area contributed by atoms with Gasteiger partial charge in [0.15, 0.2) is 0 Å². The summed E-state index contributed by atoms with van der Waals surface area (Å²) < 4.78 is 20.0. The van der Waals surface area contributed by atoms with Crippen LogP contribution in [0.25, 0.3) is 10.9 Å². The van der Waals surface area contributed by atoms with E-state index in [1.807, 2.05) is 48.2 Å². The highest BCUT2D eigenvalue weighted by molar-refractivity contribution is 7.99. The Morgan fingerprint density at radius 1 is 1.23 bits per heavy atom. The molecule has 2 atom stereocenters. The molecule has 5 nitrogen and oxygen atoms in total. The van der Waals surface area contributed by atoms with E-state index >= 15 is 0 Å². The van der Waals surface area contributed by atoms with Crippen LogP contribution < -0.4 is 4.74 Å². The van der Waals surface area contributed by atoms with Crippen LogP contribution in [0.15, 0.2) is 59.6 Å². The molecular weight excluding hydrogens is 463 g/mol. The van der Waals surface area contributed by atoms with E-state index in [0.717, 1.165) is 55.6 Å². The lowest BCUT2D eigenvalue weighted by Crippen LogP contribution is -2.42. The second kappa shape index (κ2) is 12.4. The lowest BCUT2D eigenvalue weighted by molar-refractivity contribution is -0.139. The number of aryl methyl sites for hydroxylation is 1. The van der Waals surface area contributed by atoms with Crippen molar-refractivity contribution < 1.29 is 19.0 Å². The molecule has 0 radical (unpaired) electrons. The van der Waals surface area contributed by atoms with Gasteiger partial charge in [-0.1, -0.05) is 18.2 Å². The van der Waals surface area contributed by atoms with Crippen LogP contribution in [0, 0.1) is 17.7 Å². The molecule has 7 heteroatoms. The Morgan fingerprint density at radius 2 is 2.06 bits per heavy atom. The van der Waals surface area contributed by atoms with E-state index in [1.54, 1.807) is 7.11 Å². The maximum atomic E-state index is 14.7. The summed E-state index contributed by atoms with van der Waals surface area (Å²) in [6.07, 6.45) is 4.79. The largest absolute Gasteiger partial charge is 0.497 e. The van der Waals surface area contributed by atoms with E-state index in [0.29, 0.717) is 23.7 Å². The number of nitrogens with zero attached hydrogens (tertiary/aromatic N) is 2. The molecule has 0 bridgehead atoms. The number of carbonyl (C=O) groups is 1. The quantitative estimate of drug-likeness (QED) is 0.333. The van der Waals surface area contributed by atoms with Crippen LogP contribution >= 0.6 is 11.8 Å². The first kappa shape index (κ1) is 25.5. The molecule has 0 aliphatic carbocycles. The summed E-state index contributed by atoms with van der Waals surface area (Å²) in [7, 11) is 1.60. The van der Waals surface area contributed by atoms with Gasteiger partial charge in [-0.15, -0.1) is 11.8 Å². The van der Waals surface area contributed by atoms with E-state index in [-0.39, 0.29) is 18.2 Å². The minimum absolute atomic E-state index is 0.127. The van der Waals surface area contributed by atoms with Crippen molar-refractivity contribution in [3.05, 3.63) is 66.1 Å². The highest BCUT2D eigenvalue weighted by Gasteiger charge is 2.30. The van der Waals surface area contributed by atoms with Crippen molar-refractivity contribution in [3.63, 3.8) is 0 Å². The molecule has 4 rings (SSSR count). The summed E-state index contributed by atoms with van der Waals surface area (Å²) in [5, 5.41) is 10.3. The van der Waals surface area contributed by atoms with Gasteiger partial charge in [0.05, 0.1) is 18.8 Å². The Morgan fingerprint density at radius 3 is 2.83 bits per heavy atom. The Bertz CT molecular complexity index is 1130. The van der Waals surface area contributed by atoms with Crippen molar-refractivity contribution in [2.45, 2.75) is 37.0 Å². The number of thioether (sulfide) groups is 1. The fraction of sp³-hybridized carbons (Fsp3) is 0.429. The second-order valence-corrected chi connectivity index (χ2v) is 10.4. The predicted molar refractivity (Wildman–Crippen MR) is 139 cm³/mol. The first-order chi connectivity index (χ1) is 17.0. The van der Waals surface area contributed by atoms with Gasteiger partial charge in [-0.25, -0.2) is 4.39 Å². The van der Waals surface area contributed by atoms with Crippen molar-refractivity contribution in [1.29, 1.82) is 0 Å². The summed E-state index contributed by atoms with van der Waals surface area (Å²) in [6.45, 7) is 2.76. The minimum atomic E-state index is -0.737. The zero-order valence-electron chi connectivity index (χ0n) is 20.2. The van der Waals surface area contributed by atoms with Crippen LogP contribution in [0.5, 0.6) is 5.75 Å². The number of rotatable bonds is 11. The van der Waals surface area contributed by atoms with Crippen LogP contribution in [0.2, 0.25) is 0 Å². The van der Waals surface area contributed by atoms with E-state index in [4.69, 9.17) is 4.74 Å². The molecule has 1 N–H and O–H groups in total. The number of aliphatic carboxylic acids is 1. The molecule has 0 amide bonds. The Kier molecular flexibility index (Phi) is 8.99. The number of carboxylic acid groups (broad SMARTS) is 1. The van der Waals surface area contributed by atoms with Gasteiger partial charge in [0, 0.05) is 35.5 Å². The maximum absolute atomic E-state index is 14.7. The molecular formula is C28H33FN2O3S. The Balaban J connectivity index is 1.34. The average molecular weight is 497 g/mol. The topological polar surface area (TPSA) is 62.7 Å². The average Bonchev–Trinajstić information content (AvgIpc) is 2.86. The molecule has 0 saturated carbocycles. The number of methoxy groups -OCH3 is 1. The van der Waals surface area contributed by atoms with Gasteiger partial charge < -0.3 is 14.7 Å². The van der Waals surface area contributed by atoms with Crippen LogP contribution in [-0.2, 0) is 11.2 Å². The van der Waals surface area contributed by atoms with Crippen molar-refractivity contribution in [2.75, 3.05) is 32.5 Å². The zero-order valence-corrected chi connectivity index (χ0v) is 21.0. The smallest absolute Gasteiger partial charge is 0.303 e. The minimum Gasteiger partial charge on any atom is -0.497 e. The molecule has 1 saturated heterocycles. The number of aromatic nitrogens is 1. The van der Waals surface area contributed by atoms with E-state index in [1.165, 1.54) is 11.1 Å². The third-order valence-corrected chi connectivity index (χ3v) is 7.96. The molecule has 0 spiro atoms. The molecule has 35 heavy (non-hydrogen) atoms. The van der Waals surface area contributed by atoms with Gasteiger partial charge in [-0.3, -0.25) is 9.78 Å². The van der Waals surface area contributed by atoms with Crippen molar-refractivity contribution in [3.8, 4) is 5.75 Å². The lowest BCUT2D eigenvalue weighted by atomic mass is 9.80. The monoisotopic (exact) mass is 496 g/mol. The number of benzene rings is 2. The summed E-state index contributed by atoms with van der Waals surface area (Å²) in [5.74, 6) is 1.12. The maximum Gasteiger partial charge on any atom is 0.303 e. The fourth-order valence-electron chi connectivity index (χ4n) is 5.13. The molecule has 2 unspecified atom stereocenters. The third kappa shape index (κ3) is 6.95. The summed E-state index contributed by atoms with van der Waals surface area (Å²) in [4.78, 5) is 19.5. The number of pyridine rings is 1. The summed E-state index contributed by atoms with van der Waals surface area (Å²) >= 11 is 1.84. The van der Waals surface area contributed by atoms with Crippen molar-refractivity contribution >= 4 is 28.6 Å². The normalized spacial score (nSPS) is 18.6. The van der Waals surface area contributed by atoms with Gasteiger partial charge in [0.2, 0.25) is 0 Å². The molecule has 186 valence electrons. The number of ether oxygens (including phenoxy) is 1. The Hall–Kier alpha value is -2.64. The van der Waals surface area contributed by atoms with Crippen molar-refractivity contribution in [2.24, 2.45) is 11.8 Å². The summed E-state index contributed by atoms with van der Waals surface area (Å²) in [6, 6.07) is 15.9. The molecule has 2 aromatic carbocycles. The summed E-state index contributed by atoms with van der Waals surface area (Å²) in [5.41, 5.74) is 1.42. The van der Waals surface area contributed by atoms with Gasteiger partial charge in [0.25, 0.3) is 0 Å². The van der Waals surface area contributed by atoms with Gasteiger partial charge in [-0.2, -0.15) is 0 Å². The second-order valence-electron chi connectivity index (χ2n) is 9.23. The highest BCUT2D eigenvalue weighted by Crippen LogP contribution is 2.32. The van der Waals surface area contributed by atoms with Crippen LogP contribution in [0.3, 0.4) is 0 Å². The van der Waals surface area contributed by atoms with Gasteiger partial charge >= 0.3 is 5.97 Å². The molecule has 1 aliphatic heterocycles. The number of likely N-dealkylation sites (tertiary alicyclic amines) is 1. The number of fused-ring (bicyclic) bond motifs is 1. The zero-order chi connectivity index (χ0) is 24.6. The number of halogens is 1. The predicted octanol–water partition coefficient (Wildman–Crippen LogP) is 5.91. The van der Waals surface area contributed by atoms with Gasteiger partial charge in [0.1, 0.15) is 11.6 Å². The first-order valence-electron chi connectivity index (χ1n) is 12.3. The molecule has 1 aromatic heterocycles. The van der Waals surface area contributed by atoms with Crippen LogP contribution in [0.1, 0.15) is 31.2 Å². The first-order valence-corrected chi connectivity index (χ1v) is 13.2. The van der Waals surface area contributed by atoms with E-state index in [2.05, 4.69) is 22.0 Å². The standard InChI is InChI=1S/C28H33FN2O3S/c1-34-22-10-11-27-25(17-22)24(26(29)18-30-27)9-5-6-20-12-13-31(19-21(20)16-28(32)33)14-15-35-23-7-3-2-4-8-23/h2-4,7-8,10-11,17-18,20-21H,5-6,9,12-16,19H2,1H3,(H,32,33). The number of hydrogen-bond acceptors (Lipinski definition) is 5. The molecule has 3 aromatic rings. The fourth-order valence-corrected chi connectivity index (χ4v) is 6.06. The number of carboxylic acids is 1. The molecule has 2 heterocycles. The van der Waals surface area contributed by atoms with Crippen LogP contribution in [-0.4, -0.2) is 53.5 Å². The molecule has 1 aliphatic rings. The highest BCUT2D eigenvalue weighted by atomic mass is 32.2. The SMILES string of the molecule is COc1ccc2ncc(F)c(CCCC3CCN(CCSc4ccccc4)CC3CC(=O)O)c2c1. The van der Waals surface area contributed by atoms with Crippen LogP contribution in [0.4, 0.5) is 4.39 Å².